The predicted molar refractivity (Wildman–Crippen MR) is 91.6 cm³/mol. The van der Waals surface area contributed by atoms with Crippen molar-refractivity contribution >= 4 is 5.69 Å². The molecular weight excluding hydrogens is 324 g/mol. The maximum absolute atomic E-state index is 10.9. The van der Waals surface area contributed by atoms with E-state index in [2.05, 4.69) is 15.2 Å². The first-order chi connectivity index (χ1) is 12.1. The molecule has 8 nitrogen and oxygen atoms in total. The second-order valence-electron chi connectivity index (χ2n) is 5.11. The summed E-state index contributed by atoms with van der Waals surface area (Å²) in [5.74, 6) is 2.15. The monoisotopic (exact) mass is 340 g/mol. The summed E-state index contributed by atoms with van der Waals surface area (Å²) in [6.07, 6.45) is 0. The van der Waals surface area contributed by atoms with Crippen molar-refractivity contribution in [2.75, 3.05) is 13.7 Å². The largest absolute Gasteiger partial charge is 0.493 e. The highest BCUT2D eigenvalue weighted by molar-refractivity contribution is 5.65. The fraction of sp³-hybridized carbons (Fsp3) is 0.176. The molecule has 0 radical (unpaired) electrons. The molecule has 0 atom stereocenters. The molecule has 8 heteroatoms. The molecule has 1 N–H and O–H groups in total. The Morgan fingerprint density at radius 3 is 2.72 bits per heavy atom. The molecule has 3 rings (SSSR count). The number of aromatic nitrogens is 3. The standard InChI is InChI=1S/C17H16N4O4/c1-3-25-14-8-7-12(10-15(14)24-2)17-18-16(19-20-17)11-5-4-6-13(9-11)21(22)23/h4-10H,3H2,1-2H3,(H,18,19,20). The van der Waals surface area contributed by atoms with E-state index in [-0.39, 0.29) is 5.69 Å². The molecule has 0 bridgehead atoms. The van der Waals surface area contributed by atoms with Crippen LogP contribution in [0.2, 0.25) is 0 Å². The minimum Gasteiger partial charge on any atom is -0.493 e. The van der Waals surface area contributed by atoms with Crippen LogP contribution in [0.4, 0.5) is 5.69 Å². The quantitative estimate of drug-likeness (QED) is 0.544. The Balaban J connectivity index is 1.94. The van der Waals surface area contributed by atoms with Crippen molar-refractivity contribution in [1.82, 2.24) is 15.2 Å². The molecule has 2 aromatic carbocycles. The number of rotatable bonds is 6. The van der Waals surface area contributed by atoms with Gasteiger partial charge in [-0.2, -0.15) is 5.10 Å². The van der Waals surface area contributed by atoms with Crippen molar-refractivity contribution in [3.05, 3.63) is 52.6 Å². The number of nitrogens with one attached hydrogen (secondary N) is 1. The van der Waals surface area contributed by atoms with Gasteiger partial charge in [0.05, 0.1) is 18.6 Å². The zero-order valence-corrected chi connectivity index (χ0v) is 13.7. The summed E-state index contributed by atoms with van der Waals surface area (Å²) in [6.45, 7) is 2.43. The normalized spacial score (nSPS) is 10.5. The van der Waals surface area contributed by atoms with E-state index < -0.39 is 4.92 Å². The van der Waals surface area contributed by atoms with Gasteiger partial charge in [-0.25, -0.2) is 4.98 Å². The highest BCUT2D eigenvalue weighted by Crippen LogP contribution is 2.32. The number of benzene rings is 2. The minimum atomic E-state index is -0.450. The van der Waals surface area contributed by atoms with E-state index >= 15 is 0 Å². The molecular formula is C17H16N4O4. The molecule has 0 fully saturated rings. The van der Waals surface area contributed by atoms with Crippen LogP contribution in [0.3, 0.4) is 0 Å². The first kappa shape index (κ1) is 16.4. The van der Waals surface area contributed by atoms with Gasteiger partial charge >= 0.3 is 0 Å². The summed E-state index contributed by atoms with van der Waals surface area (Å²) >= 11 is 0. The van der Waals surface area contributed by atoms with Crippen molar-refractivity contribution in [3.8, 4) is 34.3 Å². The number of nitro benzene ring substituents is 1. The molecule has 0 aliphatic carbocycles. The summed E-state index contributed by atoms with van der Waals surface area (Å²) in [6, 6.07) is 11.6. The van der Waals surface area contributed by atoms with Crippen LogP contribution >= 0.6 is 0 Å². The molecule has 1 aromatic heterocycles. The van der Waals surface area contributed by atoms with Gasteiger partial charge in [-0.05, 0) is 25.1 Å². The number of hydrogen-bond donors (Lipinski definition) is 1. The lowest BCUT2D eigenvalue weighted by molar-refractivity contribution is -0.384. The molecule has 0 amide bonds. The van der Waals surface area contributed by atoms with Crippen molar-refractivity contribution in [3.63, 3.8) is 0 Å². The van der Waals surface area contributed by atoms with E-state index in [9.17, 15) is 10.1 Å². The Morgan fingerprint density at radius 2 is 2.00 bits per heavy atom. The van der Waals surface area contributed by atoms with Crippen molar-refractivity contribution in [1.29, 1.82) is 0 Å². The van der Waals surface area contributed by atoms with Gasteiger partial charge in [-0.3, -0.25) is 15.2 Å². The fourth-order valence-electron chi connectivity index (χ4n) is 2.37. The number of hydrogen-bond acceptors (Lipinski definition) is 6. The lowest BCUT2D eigenvalue weighted by Gasteiger charge is -2.09. The second kappa shape index (κ2) is 7.00. The van der Waals surface area contributed by atoms with Crippen molar-refractivity contribution in [2.24, 2.45) is 0 Å². The van der Waals surface area contributed by atoms with Crippen LogP contribution in [-0.2, 0) is 0 Å². The summed E-state index contributed by atoms with van der Waals surface area (Å²) in [7, 11) is 1.57. The number of H-pyrrole nitrogens is 1. The third kappa shape index (κ3) is 3.42. The Morgan fingerprint density at radius 1 is 1.16 bits per heavy atom. The Labute approximate surface area is 143 Å². The first-order valence-corrected chi connectivity index (χ1v) is 7.60. The first-order valence-electron chi connectivity index (χ1n) is 7.60. The number of aromatic amines is 1. The van der Waals surface area contributed by atoms with Gasteiger partial charge in [0.25, 0.3) is 5.69 Å². The van der Waals surface area contributed by atoms with E-state index in [0.29, 0.717) is 35.3 Å². The molecule has 25 heavy (non-hydrogen) atoms. The SMILES string of the molecule is CCOc1ccc(-c2nc(-c3cccc([N+](=O)[O-])c3)n[nH]2)cc1OC. The van der Waals surface area contributed by atoms with E-state index in [1.807, 2.05) is 13.0 Å². The Kier molecular flexibility index (Phi) is 4.60. The highest BCUT2D eigenvalue weighted by atomic mass is 16.6. The van der Waals surface area contributed by atoms with Crippen LogP contribution in [-0.4, -0.2) is 33.8 Å². The smallest absolute Gasteiger partial charge is 0.270 e. The number of methoxy groups -OCH3 is 1. The van der Waals surface area contributed by atoms with E-state index in [4.69, 9.17) is 9.47 Å². The average molecular weight is 340 g/mol. The van der Waals surface area contributed by atoms with Gasteiger partial charge in [0.1, 0.15) is 0 Å². The number of nitro groups is 1. The fourth-order valence-corrected chi connectivity index (χ4v) is 2.37. The average Bonchev–Trinajstić information content (AvgIpc) is 3.12. The molecule has 3 aromatic rings. The van der Waals surface area contributed by atoms with Crippen LogP contribution in [0.15, 0.2) is 42.5 Å². The van der Waals surface area contributed by atoms with Gasteiger partial charge in [0.2, 0.25) is 0 Å². The number of ether oxygens (including phenoxy) is 2. The van der Waals surface area contributed by atoms with E-state index in [1.165, 1.54) is 12.1 Å². The number of non-ortho nitro benzene ring substituents is 1. The topological polar surface area (TPSA) is 103 Å². The third-order valence-electron chi connectivity index (χ3n) is 3.54. The van der Waals surface area contributed by atoms with Crippen LogP contribution in [0.5, 0.6) is 11.5 Å². The molecule has 0 aliphatic heterocycles. The van der Waals surface area contributed by atoms with Crippen LogP contribution < -0.4 is 9.47 Å². The maximum Gasteiger partial charge on any atom is 0.270 e. The predicted octanol–water partition coefficient (Wildman–Crippen LogP) is 3.45. The summed E-state index contributed by atoms with van der Waals surface area (Å²) in [5, 5.41) is 17.9. The minimum absolute atomic E-state index is 0.00779. The molecule has 0 saturated heterocycles. The summed E-state index contributed by atoms with van der Waals surface area (Å²) in [5.41, 5.74) is 1.32. The van der Waals surface area contributed by atoms with E-state index in [0.717, 1.165) is 5.56 Å². The van der Waals surface area contributed by atoms with Crippen LogP contribution in [0.25, 0.3) is 22.8 Å². The van der Waals surface area contributed by atoms with Gasteiger partial charge in [0, 0.05) is 23.3 Å². The lowest BCUT2D eigenvalue weighted by atomic mass is 10.2. The highest BCUT2D eigenvalue weighted by Gasteiger charge is 2.13. The van der Waals surface area contributed by atoms with Gasteiger partial charge in [0.15, 0.2) is 23.1 Å². The second-order valence-corrected chi connectivity index (χ2v) is 5.11. The van der Waals surface area contributed by atoms with Crippen molar-refractivity contribution in [2.45, 2.75) is 6.92 Å². The van der Waals surface area contributed by atoms with Crippen molar-refractivity contribution < 1.29 is 14.4 Å². The zero-order valence-electron chi connectivity index (χ0n) is 13.7. The van der Waals surface area contributed by atoms with Gasteiger partial charge < -0.3 is 9.47 Å². The van der Waals surface area contributed by atoms with E-state index in [1.54, 1.807) is 31.4 Å². The third-order valence-corrected chi connectivity index (χ3v) is 3.54. The maximum atomic E-state index is 10.9. The van der Waals surface area contributed by atoms with Crippen LogP contribution in [0.1, 0.15) is 6.92 Å². The van der Waals surface area contributed by atoms with Gasteiger partial charge in [-0.1, -0.05) is 12.1 Å². The molecule has 128 valence electrons. The van der Waals surface area contributed by atoms with Crippen LogP contribution in [0, 0.1) is 10.1 Å². The van der Waals surface area contributed by atoms with Gasteiger partial charge in [-0.15, -0.1) is 0 Å². The Bertz CT molecular complexity index is 907. The number of nitrogens with zero attached hydrogens (tertiary/aromatic N) is 3. The molecule has 1 heterocycles. The molecule has 0 spiro atoms. The molecule has 0 saturated carbocycles. The Hall–Kier alpha value is -3.42. The summed E-state index contributed by atoms with van der Waals surface area (Å²) < 4.78 is 10.8. The molecule has 0 unspecified atom stereocenters. The lowest BCUT2D eigenvalue weighted by Crippen LogP contribution is -1.95. The molecule has 0 aliphatic rings. The zero-order chi connectivity index (χ0) is 17.8. The summed E-state index contributed by atoms with van der Waals surface area (Å²) in [4.78, 5) is 14.9.